The van der Waals surface area contributed by atoms with Gasteiger partial charge in [-0.15, -0.1) is 0 Å². The van der Waals surface area contributed by atoms with Gasteiger partial charge in [0.15, 0.2) is 0 Å². The first-order chi connectivity index (χ1) is 10.9. The first-order valence-corrected chi connectivity index (χ1v) is 8.94. The minimum atomic E-state index is -3.66. The van der Waals surface area contributed by atoms with E-state index >= 15 is 0 Å². The number of benzene rings is 2. The van der Waals surface area contributed by atoms with Crippen molar-refractivity contribution in [3.63, 3.8) is 0 Å². The SMILES string of the molecule is NC(=O)CCOc1ccc(NS(=O)(=O)c2cccc(Br)c2)cc1. The summed E-state index contributed by atoms with van der Waals surface area (Å²) in [6.45, 7) is 0.179. The number of nitrogens with one attached hydrogen (secondary N) is 1. The molecular formula is C15H15BrN2O4S. The van der Waals surface area contributed by atoms with E-state index in [1.807, 2.05) is 0 Å². The smallest absolute Gasteiger partial charge is 0.261 e. The zero-order chi connectivity index (χ0) is 16.9. The fourth-order valence-electron chi connectivity index (χ4n) is 1.74. The lowest BCUT2D eigenvalue weighted by molar-refractivity contribution is -0.118. The van der Waals surface area contributed by atoms with Gasteiger partial charge in [0.1, 0.15) is 5.75 Å². The zero-order valence-electron chi connectivity index (χ0n) is 12.0. The summed E-state index contributed by atoms with van der Waals surface area (Å²) in [5.41, 5.74) is 5.43. The van der Waals surface area contributed by atoms with Crippen LogP contribution in [0, 0.1) is 0 Å². The molecular weight excluding hydrogens is 384 g/mol. The number of halogens is 1. The zero-order valence-corrected chi connectivity index (χ0v) is 14.4. The molecule has 23 heavy (non-hydrogen) atoms. The Bertz CT molecular complexity index is 791. The molecule has 0 heterocycles. The molecule has 0 spiro atoms. The Morgan fingerprint density at radius 1 is 1.17 bits per heavy atom. The van der Waals surface area contributed by atoms with Gasteiger partial charge in [0.25, 0.3) is 10.0 Å². The lowest BCUT2D eigenvalue weighted by Crippen LogP contribution is -2.14. The first kappa shape index (κ1) is 17.3. The molecule has 2 rings (SSSR count). The Morgan fingerprint density at radius 2 is 1.87 bits per heavy atom. The molecule has 0 aliphatic rings. The molecule has 2 aromatic rings. The third kappa shape index (κ3) is 5.26. The quantitative estimate of drug-likeness (QED) is 0.748. The number of hydrogen-bond acceptors (Lipinski definition) is 4. The average molecular weight is 399 g/mol. The number of sulfonamides is 1. The Morgan fingerprint density at radius 3 is 2.48 bits per heavy atom. The molecule has 0 atom stereocenters. The van der Waals surface area contributed by atoms with Crippen molar-refractivity contribution in [1.29, 1.82) is 0 Å². The molecule has 0 saturated carbocycles. The monoisotopic (exact) mass is 398 g/mol. The normalized spacial score (nSPS) is 11.0. The van der Waals surface area contributed by atoms with Crippen LogP contribution in [0.25, 0.3) is 0 Å². The van der Waals surface area contributed by atoms with Gasteiger partial charge in [-0.2, -0.15) is 0 Å². The minimum Gasteiger partial charge on any atom is -0.493 e. The van der Waals surface area contributed by atoms with Crippen LogP contribution in [0.4, 0.5) is 5.69 Å². The van der Waals surface area contributed by atoms with Crippen molar-refractivity contribution in [3.05, 3.63) is 53.0 Å². The Kier molecular flexibility index (Phi) is 5.62. The third-order valence-corrected chi connectivity index (χ3v) is 4.70. The van der Waals surface area contributed by atoms with E-state index in [4.69, 9.17) is 10.5 Å². The van der Waals surface area contributed by atoms with Crippen molar-refractivity contribution in [3.8, 4) is 5.75 Å². The van der Waals surface area contributed by atoms with E-state index in [9.17, 15) is 13.2 Å². The van der Waals surface area contributed by atoms with Crippen molar-refractivity contribution in [2.75, 3.05) is 11.3 Å². The van der Waals surface area contributed by atoms with E-state index in [-0.39, 0.29) is 17.9 Å². The molecule has 0 aliphatic heterocycles. The van der Waals surface area contributed by atoms with Crippen LogP contribution in [0.5, 0.6) is 5.75 Å². The molecule has 2 aromatic carbocycles. The molecule has 0 saturated heterocycles. The molecule has 6 nitrogen and oxygen atoms in total. The number of hydrogen-bond donors (Lipinski definition) is 2. The number of nitrogens with two attached hydrogens (primary N) is 1. The van der Waals surface area contributed by atoms with Crippen molar-refractivity contribution in [2.45, 2.75) is 11.3 Å². The summed E-state index contributed by atoms with van der Waals surface area (Å²) in [6, 6.07) is 12.8. The summed E-state index contributed by atoms with van der Waals surface area (Å²) >= 11 is 3.24. The molecule has 0 aromatic heterocycles. The summed E-state index contributed by atoms with van der Waals surface area (Å²) in [5, 5.41) is 0. The van der Waals surface area contributed by atoms with Crippen LogP contribution in [0.1, 0.15) is 6.42 Å². The molecule has 0 bridgehead atoms. The van der Waals surface area contributed by atoms with E-state index < -0.39 is 15.9 Å². The average Bonchev–Trinajstić information content (AvgIpc) is 2.48. The number of rotatable bonds is 7. The Labute approximate surface area is 142 Å². The van der Waals surface area contributed by atoms with E-state index in [2.05, 4.69) is 20.7 Å². The number of ether oxygens (including phenoxy) is 1. The van der Waals surface area contributed by atoms with Crippen molar-refractivity contribution < 1.29 is 17.9 Å². The number of carbonyl (C=O) groups is 1. The predicted octanol–water partition coefficient (Wildman–Crippen LogP) is 2.50. The highest BCUT2D eigenvalue weighted by atomic mass is 79.9. The van der Waals surface area contributed by atoms with Crippen LogP contribution in [-0.2, 0) is 14.8 Å². The van der Waals surface area contributed by atoms with Gasteiger partial charge in [0.05, 0.1) is 17.9 Å². The summed E-state index contributed by atoms with van der Waals surface area (Å²) in [5.74, 6) is 0.0834. The molecule has 1 amide bonds. The molecule has 0 radical (unpaired) electrons. The van der Waals surface area contributed by atoms with Gasteiger partial charge < -0.3 is 10.5 Å². The van der Waals surface area contributed by atoms with Gasteiger partial charge in [-0.3, -0.25) is 9.52 Å². The van der Waals surface area contributed by atoms with Gasteiger partial charge in [-0.1, -0.05) is 22.0 Å². The van der Waals surface area contributed by atoms with Crippen LogP contribution < -0.4 is 15.2 Å². The first-order valence-electron chi connectivity index (χ1n) is 6.66. The fraction of sp³-hybridized carbons (Fsp3) is 0.133. The maximum Gasteiger partial charge on any atom is 0.261 e. The fourth-order valence-corrected chi connectivity index (χ4v) is 3.39. The van der Waals surface area contributed by atoms with Gasteiger partial charge in [-0.05, 0) is 42.5 Å². The van der Waals surface area contributed by atoms with Crippen LogP contribution >= 0.6 is 15.9 Å². The lowest BCUT2D eigenvalue weighted by Gasteiger charge is -2.10. The van der Waals surface area contributed by atoms with E-state index in [1.54, 1.807) is 36.4 Å². The standard InChI is InChI=1S/C15H15BrN2O4S/c16-11-2-1-3-14(10-11)23(20,21)18-12-4-6-13(7-5-12)22-9-8-15(17)19/h1-7,10,18H,8-9H2,(H2,17,19). The van der Waals surface area contributed by atoms with Crippen LogP contribution in [0.3, 0.4) is 0 Å². The van der Waals surface area contributed by atoms with Gasteiger partial charge in [-0.25, -0.2) is 8.42 Å². The number of carbonyl (C=O) groups excluding carboxylic acids is 1. The predicted molar refractivity (Wildman–Crippen MR) is 90.7 cm³/mol. The second-order valence-electron chi connectivity index (χ2n) is 4.65. The number of primary amides is 1. The minimum absolute atomic E-state index is 0.122. The summed E-state index contributed by atoms with van der Waals surface area (Å²) < 4.78 is 33.0. The third-order valence-electron chi connectivity index (χ3n) is 2.83. The van der Waals surface area contributed by atoms with E-state index in [1.165, 1.54) is 12.1 Å². The number of amides is 1. The van der Waals surface area contributed by atoms with Crippen molar-refractivity contribution in [2.24, 2.45) is 5.73 Å². The summed E-state index contributed by atoms with van der Waals surface area (Å²) in [7, 11) is -3.66. The lowest BCUT2D eigenvalue weighted by atomic mass is 10.3. The molecule has 0 unspecified atom stereocenters. The highest BCUT2D eigenvalue weighted by Gasteiger charge is 2.14. The molecule has 122 valence electrons. The van der Waals surface area contributed by atoms with Gasteiger partial charge in [0, 0.05) is 10.2 Å². The van der Waals surface area contributed by atoms with E-state index in [0.29, 0.717) is 15.9 Å². The largest absolute Gasteiger partial charge is 0.493 e. The molecule has 8 heteroatoms. The Hall–Kier alpha value is -2.06. The van der Waals surface area contributed by atoms with Crippen LogP contribution in [0.15, 0.2) is 57.9 Å². The van der Waals surface area contributed by atoms with Crippen LogP contribution in [-0.4, -0.2) is 20.9 Å². The summed E-state index contributed by atoms with van der Waals surface area (Å²) in [6.07, 6.45) is 0.122. The van der Waals surface area contributed by atoms with E-state index in [0.717, 1.165) is 0 Å². The van der Waals surface area contributed by atoms with Gasteiger partial charge in [0.2, 0.25) is 5.91 Å². The second-order valence-corrected chi connectivity index (χ2v) is 7.25. The Balaban J connectivity index is 2.04. The van der Waals surface area contributed by atoms with Gasteiger partial charge >= 0.3 is 0 Å². The highest BCUT2D eigenvalue weighted by Crippen LogP contribution is 2.21. The van der Waals surface area contributed by atoms with Crippen molar-refractivity contribution >= 4 is 37.5 Å². The highest BCUT2D eigenvalue weighted by molar-refractivity contribution is 9.10. The molecule has 0 aliphatic carbocycles. The number of anilines is 1. The summed E-state index contributed by atoms with van der Waals surface area (Å²) in [4.78, 5) is 10.8. The maximum absolute atomic E-state index is 12.3. The topological polar surface area (TPSA) is 98.5 Å². The maximum atomic E-state index is 12.3. The molecule has 3 N–H and O–H groups in total. The second kappa shape index (κ2) is 7.47. The van der Waals surface area contributed by atoms with Crippen LogP contribution in [0.2, 0.25) is 0 Å². The molecule has 0 fully saturated rings. The van der Waals surface area contributed by atoms with Crippen molar-refractivity contribution in [1.82, 2.24) is 0 Å².